The normalized spacial score (nSPS) is 19.5. The van der Waals surface area contributed by atoms with Gasteiger partial charge in [-0.05, 0) is 60.7 Å². The largest absolute Gasteiger partial charge is 0.399 e. The number of piperidine rings is 1. The van der Waals surface area contributed by atoms with E-state index in [0.29, 0.717) is 5.92 Å². The third-order valence-corrected chi connectivity index (χ3v) is 4.30. The molecule has 0 saturated carbocycles. The van der Waals surface area contributed by atoms with Gasteiger partial charge in [-0.3, -0.25) is 4.90 Å². The van der Waals surface area contributed by atoms with Crippen molar-refractivity contribution in [3.05, 3.63) is 59.7 Å². The highest BCUT2D eigenvalue weighted by molar-refractivity contribution is 5.41. The third-order valence-electron chi connectivity index (χ3n) is 4.30. The predicted molar refractivity (Wildman–Crippen MR) is 89.0 cm³/mol. The molecular weight excluding hydrogens is 258 g/mol. The number of anilines is 2. The van der Waals surface area contributed by atoms with Crippen LogP contribution in [-0.2, 0) is 6.54 Å². The number of likely N-dealkylation sites (tertiary alicyclic amines) is 1. The molecule has 1 unspecified atom stereocenters. The van der Waals surface area contributed by atoms with Crippen LogP contribution < -0.4 is 11.5 Å². The Morgan fingerprint density at radius 1 is 0.905 bits per heavy atom. The van der Waals surface area contributed by atoms with Crippen molar-refractivity contribution < 1.29 is 0 Å². The standard InChI is InChI=1S/C18H23N3/c19-17-7-3-14(4-8-17)12-21-11-1-2-16(13-21)15-5-9-18(20)10-6-15/h3-10,16H,1-2,11-13,19-20H2. The van der Waals surface area contributed by atoms with Crippen LogP contribution in [0.5, 0.6) is 0 Å². The number of hydrogen-bond donors (Lipinski definition) is 2. The minimum Gasteiger partial charge on any atom is -0.399 e. The Morgan fingerprint density at radius 2 is 1.52 bits per heavy atom. The van der Waals surface area contributed by atoms with E-state index in [0.717, 1.165) is 24.5 Å². The molecule has 0 aromatic heterocycles. The van der Waals surface area contributed by atoms with Crippen LogP contribution in [0.4, 0.5) is 11.4 Å². The fraction of sp³-hybridized carbons (Fsp3) is 0.333. The first-order valence-corrected chi connectivity index (χ1v) is 7.63. The molecule has 1 heterocycles. The van der Waals surface area contributed by atoms with Gasteiger partial charge in [-0.2, -0.15) is 0 Å². The third kappa shape index (κ3) is 3.56. The van der Waals surface area contributed by atoms with Gasteiger partial charge in [-0.15, -0.1) is 0 Å². The van der Waals surface area contributed by atoms with E-state index in [9.17, 15) is 0 Å². The van der Waals surface area contributed by atoms with E-state index in [-0.39, 0.29) is 0 Å². The van der Waals surface area contributed by atoms with E-state index < -0.39 is 0 Å². The molecule has 1 atom stereocenters. The van der Waals surface area contributed by atoms with Crippen molar-refractivity contribution in [1.29, 1.82) is 0 Å². The fourth-order valence-corrected chi connectivity index (χ4v) is 3.12. The van der Waals surface area contributed by atoms with Crippen LogP contribution in [-0.4, -0.2) is 18.0 Å². The molecule has 21 heavy (non-hydrogen) atoms. The van der Waals surface area contributed by atoms with Crippen molar-refractivity contribution in [1.82, 2.24) is 4.90 Å². The molecule has 0 amide bonds. The Labute approximate surface area is 126 Å². The molecule has 0 aliphatic carbocycles. The average Bonchev–Trinajstić information content (AvgIpc) is 2.51. The lowest BCUT2D eigenvalue weighted by Crippen LogP contribution is -2.33. The Kier molecular flexibility index (Phi) is 4.11. The zero-order valence-corrected chi connectivity index (χ0v) is 12.3. The topological polar surface area (TPSA) is 55.3 Å². The molecule has 1 aliphatic rings. The number of nitrogens with two attached hydrogens (primary N) is 2. The number of hydrogen-bond acceptors (Lipinski definition) is 3. The van der Waals surface area contributed by atoms with Gasteiger partial charge in [0.2, 0.25) is 0 Å². The van der Waals surface area contributed by atoms with Gasteiger partial charge in [-0.25, -0.2) is 0 Å². The van der Waals surface area contributed by atoms with E-state index in [1.54, 1.807) is 0 Å². The Bertz CT molecular complexity index is 574. The van der Waals surface area contributed by atoms with Crippen molar-refractivity contribution in [2.75, 3.05) is 24.6 Å². The maximum Gasteiger partial charge on any atom is 0.0314 e. The molecule has 0 bridgehead atoms. The molecule has 2 aromatic carbocycles. The molecule has 110 valence electrons. The predicted octanol–water partition coefficient (Wildman–Crippen LogP) is 3.23. The van der Waals surface area contributed by atoms with E-state index in [2.05, 4.69) is 29.2 Å². The second-order valence-corrected chi connectivity index (χ2v) is 5.98. The first-order chi connectivity index (χ1) is 10.2. The average molecular weight is 281 g/mol. The van der Waals surface area contributed by atoms with Crippen LogP contribution in [0.3, 0.4) is 0 Å². The molecule has 4 N–H and O–H groups in total. The lowest BCUT2D eigenvalue weighted by atomic mass is 9.90. The highest BCUT2D eigenvalue weighted by Crippen LogP contribution is 2.28. The summed E-state index contributed by atoms with van der Waals surface area (Å²) in [5.74, 6) is 0.619. The van der Waals surface area contributed by atoms with Gasteiger partial charge < -0.3 is 11.5 Å². The highest BCUT2D eigenvalue weighted by Gasteiger charge is 2.21. The molecule has 1 fully saturated rings. The van der Waals surface area contributed by atoms with Crippen LogP contribution in [0.15, 0.2) is 48.5 Å². The summed E-state index contributed by atoms with van der Waals surface area (Å²) in [6.45, 7) is 3.30. The van der Waals surface area contributed by atoms with Crippen molar-refractivity contribution in [3.63, 3.8) is 0 Å². The summed E-state index contributed by atoms with van der Waals surface area (Å²) in [4.78, 5) is 2.54. The molecule has 3 nitrogen and oxygen atoms in total. The fourth-order valence-electron chi connectivity index (χ4n) is 3.12. The van der Waals surface area contributed by atoms with E-state index in [1.165, 1.54) is 30.5 Å². The van der Waals surface area contributed by atoms with Gasteiger partial charge in [0.1, 0.15) is 0 Å². The van der Waals surface area contributed by atoms with Gasteiger partial charge >= 0.3 is 0 Å². The monoisotopic (exact) mass is 281 g/mol. The summed E-state index contributed by atoms with van der Waals surface area (Å²) in [6, 6.07) is 16.6. The Hall–Kier alpha value is -2.00. The summed E-state index contributed by atoms with van der Waals surface area (Å²) >= 11 is 0. The van der Waals surface area contributed by atoms with Crippen LogP contribution in [0.1, 0.15) is 29.9 Å². The minimum atomic E-state index is 0.619. The van der Waals surface area contributed by atoms with Crippen LogP contribution in [0.2, 0.25) is 0 Å². The molecule has 0 spiro atoms. The van der Waals surface area contributed by atoms with Gasteiger partial charge in [0.05, 0.1) is 0 Å². The van der Waals surface area contributed by atoms with Crippen molar-refractivity contribution in [2.24, 2.45) is 0 Å². The SMILES string of the molecule is Nc1ccc(CN2CCCC(c3ccc(N)cc3)C2)cc1. The molecular formula is C18H23N3. The van der Waals surface area contributed by atoms with Gasteiger partial charge in [0.15, 0.2) is 0 Å². The zero-order valence-electron chi connectivity index (χ0n) is 12.3. The Balaban J connectivity index is 1.65. The number of benzene rings is 2. The van der Waals surface area contributed by atoms with E-state index in [4.69, 9.17) is 11.5 Å². The number of nitrogen functional groups attached to an aromatic ring is 2. The summed E-state index contributed by atoms with van der Waals surface area (Å²) in [7, 11) is 0. The molecule has 2 aromatic rings. The minimum absolute atomic E-state index is 0.619. The Morgan fingerprint density at radius 3 is 2.19 bits per heavy atom. The summed E-state index contributed by atoms with van der Waals surface area (Å²) < 4.78 is 0. The van der Waals surface area contributed by atoms with Crippen LogP contribution in [0.25, 0.3) is 0 Å². The van der Waals surface area contributed by atoms with Gasteiger partial charge in [0.25, 0.3) is 0 Å². The maximum atomic E-state index is 5.78. The molecule has 3 heteroatoms. The van der Waals surface area contributed by atoms with Gasteiger partial charge in [-0.1, -0.05) is 24.3 Å². The van der Waals surface area contributed by atoms with Gasteiger partial charge in [0, 0.05) is 24.5 Å². The highest BCUT2D eigenvalue weighted by atomic mass is 15.1. The zero-order chi connectivity index (χ0) is 14.7. The van der Waals surface area contributed by atoms with E-state index >= 15 is 0 Å². The summed E-state index contributed by atoms with van der Waals surface area (Å²) in [6.07, 6.45) is 2.52. The van der Waals surface area contributed by atoms with Crippen LogP contribution in [0, 0.1) is 0 Å². The maximum absolute atomic E-state index is 5.78. The first-order valence-electron chi connectivity index (χ1n) is 7.63. The lowest BCUT2D eigenvalue weighted by molar-refractivity contribution is 0.200. The lowest BCUT2D eigenvalue weighted by Gasteiger charge is -2.33. The molecule has 3 rings (SSSR count). The molecule has 1 saturated heterocycles. The van der Waals surface area contributed by atoms with E-state index in [1.807, 2.05) is 24.3 Å². The van der Waals surface area contributed by atoms with Crippen LogP contribution >= 0.6 is 0 Å². The van der Waals surface area contributed by atoms with Crippen molar-refractivity contribution in [2.45, 2.75) is 25.3 Å². The smallest absolute Gasteiger partial charge is 0.0314 e. The van der Waals surface area contributed by atoms with Crippen molar-refractivity contribution in [3.8, 4) is 0 Å². The first kappa shape index (κ1) is 14.0. The summed E-state index contributed by atoms with van der Waals surface area (Å²) in [5, 5.41) is 0. The number of nitrogens with zero attached hydrogens (tertiary/aromatic N) is 1. The van der Waals surface area contributed by atoms with Crippen molar-refractivity contribution >= 4 is 11.4 Å². The molecule has 0 radical (unpaired) electrons. The molecule has 1 aliphatic heterocycles. The second kappa shape index (κ2) is 6.19. The quantitative estimate of drug-likeness (QED) is 0.849. The second-order valence-electron chi connectivity index (χ2n) is 5.98. The summed E-state index contributed by atoms with van der Waals surface area (Å²) in [5.41, 5.74) is 15.9. The number of rotatable bonds is 3.